The summed E-state index contributed by atoms with van der Waals surface area (Å²) in [7, 11) is 0. The molecule has 15 heavy (non-hydrogen) atoms. The molecule has 1 N–H and O–H groups in total. The first-order valence-corrected chi connectivity index (χ1v) is 5.37. The van der Waals surface area contributed by atoms with Crippen LogP contribution in [0.4, 0.5) is 0 Å². The number of nitrogens with zero attached hydrogens (tertiary/aromatic N) is 1. The van der Waals surface area contributed by atoms with Gasteiger partial charge < -0.3 is 9.63 Å². The van der Waals surface area contributed by atoms with Gasteiger partial charge in [-0.15, -0.1) is 0 Å². The van der Waals surface area contributed by atoms with Gasteiger partial charge in [-0.1, -0.05) is 33.2 Å². The highest BCUT2D eigenvalue weighted by molar-refractivity contribution is 9.10. The minimum absolute atomic E-state index is 0.0814. The largest absolute Gasteiger partial charge is 0.390 e. The Morgan fingerprint density at radius 1 is 1.33 bits per heavy atom. The van der Waals surface area contributed by atoms with E-state index < -0.39 is 0 Å². The fourth-order valence-electron chi connectivity index (χ4n) is 1.36. The Morgan fingerprint density at radius 2 is 2.20 bits per heavy atom. The minimum Gasteiger partial charge on any atom is -0.390 e. The SMILES string of the molecule is OCc1cc(Cc2cccc(Br)c2)on1. The maximum atomic E-state index is 8.83. The molecule has 2 aromatic rings. The van der Waals surface area contributed by atoms with Crippen LogP contribution in [0.3, 0.4) is 0 Å². The average molecular weight is 268 g/mol. The Hall–Kier alpha value is -1.13. The van der Waals surface area contributed by atoms with Crippen LogP contribution in [0.25, 0.3) is 0 Å². The van der Waals surface area contributed by atoms with Gasteiger partial charge >= 0.3 is 0 Å². The molecular formula is C11H10BrNO2. The van der Waals surface area contributed by atoms with Crippen molar-refractivity contribution in [1.82, 2.24) is 5.16 Å². The summed E-state index contributed by atoms with van der Waals surface area (Å²) >= 11 is 3.41. The Bertz CT molecular complexity index is 453. The molecule has 78 valence electrons. The highest BCUT2D eigenvalue weighted by Gasteiger charge is 2.04. The molecule has 0 aliphatic carbocycles. The summed E-state index contributed by atoms with van der Waals surface area (Å²) in [6.45, 7) is -0.0814. The summed E-state index contributed by atoms with van der Waals surface area (Å²) in [5.41, 5.74) is 1.71. The maximum Gasteiger partial charge on any atom is 0.141 e. The van der Waals surface area contributed by atoms with E-state index in [1.807, 2.05) is 24.3 Å². The highest BCUT2D eigenvalue weighted by Crippen LogP contribution is 2.15. The summed E-state index contributed by atoms with van der Waals surface area (Å²) in [6.07, 6.45) is 0.687. The lowest BCUT2D eigenvalue weighted by atomic mass is 10.1. The Morgan fingerprint density at radius 3 is 2.87 bits per heavy atom. The number of aromatic nitrogens is 1. The van der Waals surface area contributed by atoms with Crippen LogP contribution in [-0.4, -0.2) is 10.3 Å². The molecule has 0 amide bonds. The summed E-state index contributed by atoms with van der Waals surface area (Å²) in [4.78, 5) is 0. The van der Waals surface area contributed by atoms with Gasteiger partial charge in [0.15, 0.2) is 0 Å². The predicted molar refractivity (Wildman–Crippen MR) is 59.4 cm³/mol. The van der Waals surface area contributed by atoms with Crippen molar-refractivity contribution in [2.45, 2.75) is 13.0 Å². The van der Waals surface area contributed by atoms with E-state index in [4.69, 9.17) is 9.63 Å². The lowest BCUT2D eigenvalue weighted by molar-refractivity contribution is 0.265. The molecule has 0 aliphatic heterocycles. The van der Waals surface area contributed by atoms with Gasteiger partial charge in [-0.2, -0.15) is 0 Å². The molecule has 0 saturated carbocycles. The Kier molecular flexibility index (Phi) is 3.18. The summed E-state index contributed by atoms with van der Waals surface area (Å²) in [5, 5.41) is 12.5. The Balaban J connectivity index is 2.14. The number of halogens is 1. The molecule has 4 heteroatoms. The van der Waals surface area contributed by atoms with Gasteiger partial charge in [0.2, 0.25) is 0 Å². The zero-order valence-electron chi connectivity index (χ0n) is 7.98. The topological polar surface area (TPSA) is 46.3 Å². The van der Waals surface area contributed by atoms with E-state index in [-0.39, 0.29) is 6.61 Å². The summed E-state index contributed by atoms with van der Waals surface area (Å²) < 4.78 is 6.12. The van der Waals surface area contributed by atoms with Crippen molar-refractivity contribution < 1.29 is 9.63 Å². The zero-order valence-corrected chi connectivity index (χ0v) is 9.57. The smallest absolute Gasteiger partial charge is 0.141 e. The van der Waals surface area contributed by atoms with Crippen LogP contribution in [0.5, 0.6) is 0 Å². The van der Waals surface area contributed by atoms with Gasteiger partial charge in [-0.25, -0.2) is 0 Å². The molecular weight excluding hydrogens is 258 g/mol. The first kappa shape index (κ1) is 10.4. The molecule has 2 rings (SSSR count). The first-order chi connectivity index (χ1) is 7.28. The van der Waals surface area contributed by atoms with E-state index in [9.17, 15) is 0 Å². The Labute approximate surface area is 95.8 Å². The standard InChI is InChI=1S/C11H10BrNO2/c12-9-3-1-2-8(4-9)5-11-6-10(7-14)13-15-11/h1-4,6,14H,5,7H2. The number of hydrogen-bond acceptors (Lipinski definition) is 3. The predicted octanol–water partition coefficient (Wildman–Crippen LogP) is 2.52. The molecule has 0 unspecified atom stereocenters. The van der Waals surface area contributed by atoms with Gasteiger partial charge in [0.05, 0.1) is 6.61 Å². The average Bonchev–Trinajstić information content (AvgIpc) is 2.65. The second-order valence-electron chi connectivity index (χ2n) is 3.25. The van der Waals surface area contributed by atoms with E-state index in [2.05, 4.69) is 21.1 Å². The van der Waals surface area contributed by atoms with Crippen molar-refractivity contribution in [3.63, 3.8) is 0 Å². The molecule has 3 nitrogen and oxygen atoms in total. The third kappa shape index (κ3) is 2.67. The van der Waals surface area contributed by atoms with Crippen LogP contribution in [0.1, 0.15) is 17.0 Å². The van der Waals surface area contributed by atoms with Gasteiger partial charge in [0.1, 0.15) is 11.5 Å². The van der Waals surface area contributed by atoms with Crippen molar-refractivity contribution >= 4 is 15.9 Å². The molecule has 0 aliphatic rings. The first-order valence-electron chi connectivity index (χ1n) is 4.57. The van der Waals surface area contributed by atoms with Gasteiger partial charge in [-0.05, 0) is 17.7 Å². The second-order valence-corrected chi connectivity index (χ2v) is 4.17. The molecule has 1 aromatic heterocycles. The highest BCUT2D eigenvalue weighted by atomic mass is 79.9. The van der Waals surface area contributed by atoms with Crippen LogP contribution in [-0.2, 0) is 13.0 Å². The maximum absolute atomic E-state index is 8.83. The van der Waals surface area contributed by atoms with Crippen LogP contribution in [0.15, 0.2) is 39.3 Å². The van der Waals surface area contributed by atoms with Crippen LogP contribution in [0.2, 0.25) is 0 Å². The zero-order chi connectivity index (χ0) is 10.7. The molecule has 0 saturated heterocycles. The molecule has 0 atom stereocenters. The molecule has 1 aromatic carbocycles. The molecule has 1 heterocycles. The fraction of sp³-hybridized carbons (Fsp3) is 0.182. The van der Waals surface area contributed by atoms with Crippen LogP contribution >= 0.6 is 15.9 Å². The third-order valence-electron chi connectivity index (χ3n) is 2.04. The molecule has 0 fully saturated rings. The number of aliphatic hydroxyl groups is 1. The van der Waals surface area contributed by atoms with Crippen LogP contribution in [0, 0.1) is 0 Å². The number of aliphatic hydroxyl groups excluding tert-OH is 1. The van der Waals surface area contributed by atoms with E-state index in [1.54, 1.807) is 6.07 Å². The van der Waals surface area contributed by atoms with E-state index in [0.29, 0.717) is 12.1 Å². The van der Waals surface area contributed by atoms with Crippen molar-refractivity contribution in [2.75, 3.05) is 0 Å². The van der Waals surface area contributed by atoms with Gasteiger partial charge in [-0.3, -0.25) is 0 Å². The lowest BCUT2D eigenvalue weighted by Crippen LogP contribution is -1.85. The normalized spacial score (nSPS) is 10.5. The van der Waals surface area contributed by atoms with Gasteiger partial charge in [0.25, 0.3) is 0 Å². The van der Waals surface area contributed by atoms with Crippen LogP contribution < -0.4 is 0 Å². The quantitative estimate of drug-likeness (QED) is 0.930. The van der Waals surface area contributed by atoms with Crippen molar-refractivity contribution in [3.8, 4) is 0 Å². The van der Waals surface area contributed by atoms with Crippen molar-refractivity contribution in [2.24, 2.45) is 0 Å². The summed E-state index contributed by atoms with van der Waals surface area (Å²) in [6, 6.07) is 9.76. The van der Waals surface area contributed by atoms with Crippen molar-refractivity contribution in [3.05, 3.63) is 51.8 Å². The van der Waals surface area contributed by atoms with E-state index in [1.165, 1.54) is 0 Å². The van der Waals surface area contributed by atoms with E-state index >= 15 is 0 Å². The second kappa shape index (κ2) is 4.59. The summed E-state index contributed by atoms with van der Waals surface area (Å²) in [5.74, 6) is 0.761. The number of hydrogen-bond donors (Lipinski definition) is 1. The lowest BCUT2D eigenvalue weighted by Gasteiger charge is -1.97. The minimum atomic E-state index is -0.0814. The fourth-order valence-corrected chi connectivity index (χ4v) is 1.81. The van der Waals surface area contributed by atoms with E-state index in [0.717, 1.165) is 15.8 Å². The number of benzene rings is 1. The molecule has 0 spiro atoms. The van der Waals surface area contributed by atoms with Gasteiger partial charge in [0, 0.05) is 17.0 Å². The number of rotatable bonds is 3. The van der Waals surface area contributed by atoms with Crippen molar-refractivity contribution in [1.29, 1.82) is 0 Å². The third-order valence-corrected chi connectivity index (χ3v) is 2.53. The monoisotopic (exact) mass is 267 g/mol. The molecule has 0 radical (unpaired) electrons. The molecule has 0 bridgehead atoms.